The predicted octanol–water partition coefficient (Wildman–Crippen LogP) is 0.475. The summed E-state index contributed by atoms with van der Waals surface area (Å²) in [5.41, 5.74) is 0. The fourth-order valence-electron chi connectivity index (χ4n) is 0.603. The maximum Gasteiger partial charge on any atom is 0.572 e. The smallest absolute Gasteiger partial charge is 0.510 e. The van der Waals surface area contributed by atoms with Gasteiger partial charge in [-0.3, -0.25) is 0 Å². The first kappa shape index (κ1) is 9.64. The minimum atomic E-state index is -2.93. The molecule has 0 fully saturated rings. The molecule has 60 valence electrons. The molecule has 0 saturated carbocycles. The molecule has 0 aliphatic rings. The van der Waals surface area contributed by atoms with Gasteiger partial charge in [0.1, 0.15) is 0 Å². The average molecular weight is 164 g/mol. The standard InChI is InChI=1S/C5H12O4Si/c1-5(6)10(7-2,8-3)9-4/h6H,1H2,2-4H3. The van der Waals surface area contributed by atoms with Crippen LogP contribution in [0.2, 0.25) is 0 Å². The van der Waals surface area contributed by atoms with Crippen molar-refractivity contribution >= 4 is 8.80 Å². The van der Waals surface area contributed by atoms with E-state index in [1.54, 1.807) is 0 Å². The number of hydrogen-bond donors (Lipinski definition) is 1. The Morgan fingerprint density at radius 1 is 1.20 bits per heavy atom. The van der Waals surface area contributed by atoms with E-state index in [2.05, 4.69) is 6.58 Å². The fourth-order valence-corrected chi connectivity index (χ4v) is 1.81. The second kappa shape index (κ2) is 3.72. The highest BCUT2D eigenvalue weighted by atomic mass is 28.4. The van der Waals surface area contributed by atoms with E-state index in [4.69, 9.17) is 18.4 Å². The van der Waals surface area contributed by atoms with Gasteiger partial charge in [0.2, 0.25) is 0 Å². The van der Waals surface area contributed by atoms with Crippen molar-refractivity contribution in [3.63, 3.8) is 0 Å². The lowest BCUT2D eigenvalue weighted by Crippen LogP contribution is -2.45. The van der Waals surface area contributed by atoms with E-state index >= 15 is 0 Å². The van der Waals surface area contributed by atoms with Crippen molar-refractivity contribution in [1.82, 2.24) is 0 Å². The van der Waals surface area contributed by atoms with Gasteiger partial charge in [0.15, 0.2) is 5.38 Å². The van der Waals surface area contributed by atoms with Crippen LogP contribution in [-0.2, 0) is 13.3 Å². The van der Waals surface area contributed by atoms with Gasteiger partial charge < -0.3 is 18.4 Å². The Kier molecular flexibility index (Phi) is 3.58. The van der Waals surface area contributed by atoms with Gasteiger partial charge in [0, 0.05) is 21.3 Å². The van der Waals surface area contributed by atoms with E-state index in [1.807, 2.05) is 0 Å². The Morgan fingerprint density at radius 2 is 1.50 bits per heavy atom. The molecular weight excluding hydrogens is 152 g/mol. The molecule has 0 bridgehead atoms. The first-order valence-electron chi connectivity index (χ1n) is 2.66. The van der Waals surface area contributed by atoms with Gasteiger partial charge in [-0.05, 0) is 0 Å². The molecule has 0 rings (SSSR count). The molecule has 0 atom stereocenters. The lowest BCUT2D eigenvalue weighted by molar-refractivity contribution is 0.117. The van der Waals surface area contributed by atoms with Gasteiger partial charge in [-0.2, -0.15) is 0 Å². The van der Waals surface area contributed by atoms with E-state index in [0.29, 0.717) is 0 Å². The second-order valence-electron chi connectivity index (χ2n) is 1.62. The normalized spacial score (nSPS) is 11.5. The van der Waals surface area contributed by atoms with Gasteiger partial charge in [0.05, 0.1) is 0 Å². The lowest BCUT2D eigenvalue weighted by Gasteiger charge is -2.22. The molecule has 0 aliphatic heterocycles. The minimum absolute atomic E-state index is 0.181. The van der Waals surface area contributed by atoms with Crippen LogP contribution in [0.4, 0.5) is 0 Å². The Hall–Kier alpha value is -0.363. The summed E-state index contributed by atoms with van der Waals surface area (Å²) in [6.45, 7) is 3.28. The van der Waals surface area contributed by atoms with Gasteiger partial charge in [-0.15, -0.1) is 0 Å². The third kappa shape index (κ3) is 1.57. The van der Waals surface area contributed by atoms with Crippen LogP contribution in [0.3, 0.4) is 0 Å². The first-order valence-corrected chi connectivity index (χ1v) is 4.39. The first-order chi connectivity index (χ1) is 4.63. The third-order valence-electron chi connectivity index (χ3n) is 1.16. The zero-order valence-corrected chi connectivity index (χ0v) is 7.38. The lowest BCUT2D eigenvalue weighted by atomic mass is 11.2. The van der Waals surface area contributed by atoms with Gasteiger partial charge >= 0.3 is 8.80 Å². The molecule has 5 heteroatoms. The zero-order chi connectivity index (χ0) is 8.20. The maximum absolute atomic E-state index is 8.95. The highest BCUT2D eigenvalue weighted by Crippen LogP contribution is 2.12. The molecule has 0 aromatic heterocycles. The van der Waals surface area contributed by atoms with E-state index in [0.717, 1.165) is 0 Å². The van der Waals surface area contributed by atoms with Crippen molar-refractivity contribution in [3.8, 4) is 0 Å². The number of hydrogen-bond acceptors (Lipinski definition) is 4. The van der Waals surface area contributed by atoms with Gasteiger partial charge in [0.25, 0.3) is 0 Å². The van der Waals surface area contributed by atoms with Crippen molar-refractivity contribution in [1.29, 1.82) is 0 Å². The molecule has 0 aromatic rings. The van der Waals surface area contributed by atoms with Crippen LogP contribution >= 0.6 is 0 Å². The summed E-state index contributed by atoms with van der Waals surface area (Å²) in [5.74, 6) is 0. The highest BCUT2D eigenvalue weighted by molar-refractivity contribution is 6.67. The van der Waals surface area contributed by atoms with Gasteiger partial charge in [-0.25, -0.2) is 0 Å². The molecule has 0 aliphatic carbocycles. The van der Waals surface area contributed by atoms with Crippen molar-refractivity contribution in [2.45, 2.75) is 0 Å². The summed E-state index contributed by atoms with van der Waals surface area (Å²) >= 11 is 0. The summed E-state index contributed by atoms with van der Waals surface area (Å²) in [6.07, 6.45) is 0. The monoisotopic (exact) mass is 164 g/mol. The molecule has 10 heavy (non-hydrogen) atoms. The quantitative estimate of drug-likeness (QED) is 0.485. The van der Waals surface area contributed by atoms with Crippen LogP contribution in [0.25, 0.3) is 0 Å². The zero-order valence-electron chi connectivity index (χ0n) is 6.38. The molecule has 0 amide bonds. The number of rotatable bonds is 4. The number of aliphatic hydroxyl groups is 1. The molecule has 0 radical (unpaired) electrons. The van der Waals surface area contributed by atoms with Crippen molar-refractivity contribution in [2.24, 2.45) is 0 Å². The third-order valence-corrected chi connectivity index (χ3v) is 3.48. The van der Waals surface area contributed by atoms with E-state index in [9.17, 15) is 0 Å². The van der Waals surface area contributed by atoms with Crippen molar-refractivity contribution in [2.75, 3.05) is 21.3 Å². The summed E-state index contributed by atoms with van der Waals surface area (Å²) in [7, 11) is 1.28. The Balaban J connectivity index is 4.31. The molecule has 4 nitrogen and oxygen atoms in total. The van der Waals surface area contributed by atoms with Crippen LogP contribution in [0.5, 0.6) is 0 Å². The summed E-state index contributed by atoms with van der Waals surface area (Å²) in [6, 6.07) is 0. The molecular formula is C5H12O4Si. The summed E-state index contributed by atoms with van der Waals surface area (Å²) in [4.78, 5) is 0. The summed E-state index contributed by atoms with van der Waals surface area (Å²) in [5, 5.41) is 8.77. The van der Waals surface area contributed by atoms with Gasteiger partial charge in [-0.1, -0.05) is 6.58 Å². The fraction of sp³-hybridized carbons (Fsp3) is 0.600. The summed E-state index contributed by atoms with van der Waals surface area (Å²) < 4.78 is 14.5. The van der Waals surface area contributed by atoms with E-state index in [1.165, 1.54) is 21.3 Å². The van der Waals surface area contributed by atoms with Crippen LogP contribution in [0, 0.1) is 0 Å². The molecule has 1 N–H and O–H groups in total. The Morgan fingerprint density at radius 3 is 1.50 bits per heavy atom. The van der Waals surface area contributed by atoms with Crippen LogP contribution in [-0.4, -0.2) is 35.2 Å². The SMILES string of the molecule is C=C(O)[Si](OC)(OC)OC. The molecule has 0 unspecified atom stereocenters. The van der Waals surface area contributed by atoms with E-state index < -0.39 is 8.80 Å². The Bertz CT molecular complexity index is 113. The minimum Gasteiger partial charge on any atom is -0.510 e. The largest absolute Gasteiger partial charge is 0.572 e. The van der Waals surface area contributed by atoms with Crippen LogP contribution in [0.15, 0.2) is 12.0 Å². The van der Waals surface area contributed by atoms with Crippen LogP contribution < -0.4 is 0 Å². The topological polar surface area (TPSA) is 47.9 Å². The van der Waals surface area contributed by atoms with Crippen molar-refractivity contribution in [3.05, 3.63) is 12.0 Å². The molecule has 0 aromatic carbocycles. The average Bonchev–Trinajstić information content (AvgIpc) is 1.92. The van der Waals surface area contributed by atoms with Crippen molar-refractivity contribution < 1.29 is 18.4 Å². The highest BCUT2D eigenvalue weighted by Gasteiger charge is 2.42. The maximum atomic E-state index is 8.95. The number of aliphatic hydroxyl groups excluding tert-OH is 1. The molecule has 0 heterocycles. The van der Waals surface area contributed by atoms with Crippen LogP contribution in [0.1, 0.15) is 0 Å². The second-order valence-corrected chi connectivity index (χ2v) is 4.53. The predicted molar refractivity (Wildman–Crippen MR) is 38.5 cm³/mol. The molecule has 0 spiro atoms. The van der Waals surface area contributed by atoms with E-state index in [-0.39, 0.29) is 5.38 Å². The molecule has 0 saturated heterocycles. The Labute approximate surface area is 61.4 Å².